The summed E-state index contributed by atoms with van der Waals surface area (Å²) in [6.45, 7) is 5.42. The summed E-state index contributed by atoms with van der Waals surface area (Å²) >= 11 is 0. The normalized spacial score (nSPS) is 21.2. The van der Waals surface area contributed by atoms with Crippen molar-refractivity contribution < 1.29 is 0 Å². The van der Waals surface area contributed by atoms with Gasteiger partial charge in [-0.15, -0.1) is 0 Å². The molecular formula is C23H26N2O. The van der Waals surface area contributed by atoms with Gasteiger partial charge in [-0.1, -0.05) is 42.8 Å². The SMILES string of the molecule is CC1CCCC(C)N1Cc1cc2ccccc2c(=O)n1-c1ccccc1. The van der Waals surface area contributed by atoms with E-state index in [1.807, 2.05) is 59.2 Å². The molecule has 134 valence electrons. The van der Waals surface area contributed by atoms with E-state index in [4.69, 9.17) is 0 Å². The van der Waals surface area contributed by atoms with Crippen molar-refractivity contribution in [3.05, 3.63) is 76.7 Å². The maximum Gasteiger partial charge on any atom is 0.263 e. The molecule has 1 saturated heterocycles. The maximum absolute atomic E-state index is 13.3. The second-order valence-corrected chi connectivity index (χ2v) is 7.50. The van der Waals surface area contributed by atoms with E-state index in [-0.39, 0.29) is 5.56 Å². The lowest BCUT2D eigenvalue weighted by Gasteiger charge is -2.39. The first kappa shape index (κ1) is 17.0. The summed E-state index contributed by atoms with van der Waals surface area (Å²) in [5.41, 5.74) is 2.08. The summed E-state index contributed by atoms with van der Waals surface area (Å²) in [5.74, 6) is 0. The Balaban J connectivity index is 1.88. The summed E-state index contributed by atoms with van der Waals surface area (Å²) in [7, 11) is 0. The molecule has 3 heteroatoms. The van der Waals surface area contributed by atoms with Gasteiger partial charge in [0.15, 0.2) is 0 Å². The molecule has 2 heterocycles. The van der Waals surface area contributed by atoms with Crippen molar-refractivity contribution in [2.45, 2.75) is 51.7 Å². The Morgan fingerprint density at radius 3 is 2.31 bits per heavy atom. The van der Waals surface area contributed by atoms with Crippen LogP contribution in [-0.2, 0) is 6.54 Å². The lowest BCUT2D eigenvalue weighted by Crippen LogP contribution is -2.44. The number of pyridine rings is 1. The number of para-hydroxylation sites is 1. The number of benzene rings is 2. The number of fused-ring (bicyclic) bond motifs is 1. The highest BCUT2D eigenvalue weighted by Gasteiger charge is 2.26. The lowest BCUT2D eigenvalue weighted by molar-refractivity contribution is 0.0930. The largest absolute Gasteiger partial charge is 0.292 e. The molecule has 4 rings (SSSR count). The average molecular weight is 346 g/mol. The fourth-order valence-electron chi connectivity index (χ4n) is 4.26. The topological polar surface area (TPSA) is 25.2 Å². The van der Waals surface area contributed by atoms with Gasteiger partial charge in [0.1, 0.15) is 0 Å². The Morgan fingerprint density at radius 2 is 1.58 bits per heavy atom. The van der Waals surface area contributed by atoms with Crippen LogP contribution < -0.4 is 5.56 Å². The molecule has 1 aromatic heterocycles. The van der Waals surface area contributed by atoms with Crippen LogP contribution in [0.15, 0.2) is 65.5 Å². The van der Waals surface area contributed by atoms with Crippen molar-refractivity contribution >= 4 is 10.8 Å². The van der Waals surface area contributed by atoms with E-state index in [1.54, 1.807) is 0 Å². The van der Waals surface area contributed by atoms with E-state index < -0.39 is 0 Å². The molecule has 0 bridgehead atoms. The van der Waals surface area contributed by atoms with Crippen LogP contribution in [0.3, 0.4) is 0 Å². The Bertz CT molecular complexity index is 951. The van der Waals surface area contributed by atoms with E-state index >= 15 is 0 Å². The molecule has 1 aliphatic heterocycles. The summed E-state index contributed by atoms with van der Waals surface area (Å²) in [6, 6.07) is 21.2. The van der Waals surface area contributed by atoms with Crippen LogP contribution in [-0.4, -0.2) is 21.6 Å². The molecule has 0 amide bonds. The van der Waals surface area contributed by atoms with Crippen LogP contribution in [0.25, 0.3) is 16.5 Å². The molecule has 0 aliphatic carbocycles. The minimum atomic E-state index is 0.0709. The molecule has 0 spiro atoms. The van der Waals surface area contributed by atoms with Crippen molar-refractivity contribution in [3.8, 4) is 5.69 Å². The van der Waals surface area contributed by atoms with Gasteiger partial charge in [0, 0.05) is 35.4 Å². The summed E-state index contributed by atoms with van der Waals surface area (Å²) in [4.78, 5) is 15.8. The zero-order valence-electron chi connectivity index (χ0n) is 15.6. The van der Waals surface area contributed by atoms with Gasteiger partial charge in [0.25, 0.3) is 5.56 Å². The van der Waals surface area contributed by atoms with Crippen molar-refractivity contribution in [2.75, 3.05) is 0 Å². The third-order valence-corrected chi connectivity index (χ3v) is 5.74. The van der Waals surface area contributed by atoms with Gasteiger partial charge in [0.2, 0.25) is 0 Å². The van der Waals surface area contributed by atoms with Gasteiger partial charge < -0.3 is 0 Å². The standard InChI is InChI=1S/C23H26N2O/c1-17-9-8-10-18(2)24(17)16-21-15-19-11-6-7-14-22(19)23(26)25(21)20-12-4-3-5-13-20/h3-7,11-15,17-18H,8-10,16H2,1-2H3. The maximum atomic E-state index is 13.3. The molecule has 1 aliphatic rings. The van der Waals surface area contributed by atoms with Gasteiger partial charge in [-0.2, -0.15) is 0 Å². The molecule has 2 unspecified atom stereocenters. The van der Waals surface area contributed by atoms with E-state index in [1.165, 1.54) is 19.3 Å². The van der Waals surface area contributed by atoms with Crippen LogP contribution in [0.5, 0.6) is 0 Å². The number of piperidine rings is 1. The third kappa shape index (κ3) is 3.08. The van der Waals surface area contributed by atoms with Crippen molar-refractivity contribution in [3.63, 3.8) is 0 Å². The van der Waals surface area contributed by atoms with Gasteiger partial charge in [-0.05, 0) is 56.3 Å². The predicted molar refractivity (Wildman–Crippen MR) is 108 cm³/mol. The molecule has 3 nitrogen and oxygen atoms in total. The number of hydrogen-bond acceptors (Lipinski definition) is 2. The van der Waals surface area contributed by atoms with Crippen molar-refractivity contribution in [1.82, 2.24) is 9.47 Å². The van der Waals surface area contributed by atoms with Crippen LogP contribution in [0.4, 0.5) is 0 Å². The summed E-state index contributed by atoms with van der Waals surface area (Å²) in [5, 5.41) is 1.80. The average Bonchev–Trinajstić information content (AvgIpc) is 2.66. The molecular weight excluding hydrogens is 320 g/mol. The number of hydrogen-bond donors (Lipinski definition) is 0. The number of aromatic nitrogens is 1. The van der Waals surface area contributed by atoms with Crippen LogP contribution in [0.1, 0.15) is 38.8 Å². The third-order valence-electron chi connectivity index (χ3n) is 5.74. The second kappa shape index (κ2) is 7.08. The van der Waals surface area contributed by atoms with E-state index in [9.17, 15) is 4.79 Å². The second-order valence-electron chi connectivity index (χ2n) is 7.50. The number of rotatable bonds is 3. The smallest absolute Gasteiger partial charge is 0.263 e. The first-order valence-electron chi connectivity index (χ1n) is 9.60. The Morgan fingerprint density at radius 1 is 0.923 bits per heavy atom. The Labute approximate surface area is 154 Å². The summed E-state index contributed by atoms with van der Waals surface area (Å²) in [6.07, 6.45) is 3.75. The number of nitrogens with zero attached hydrogens (tertiary/aromatic N) is 2. The molecule has 2 aromatic carbocycles. The molecule has 3 aromatic rings. The molecule has 2 atom stereocenters. The quantitative estimate of drug-likeness (QED) is 0.683. The van der Waals surface area contributed by atoms with Crippen molar-refractivity contribution in [2.24, 2.45) is 0 Å². The van der Waals surface area contributed by atoms with Gasteiger partial charge in [-0.3, -0.25) is 14.3 Å². The number of likely N-dealkylation sites (tertiary alicyclic amines) is 1. The highest BCUT2D eigenvalue weighted by Crippen LogP contribution is 2.26. The van der Waals surface area contributed by atoms with Crippen LogP contribution >= 0.6 is 0 Å². The fourth-order valence-corrected chi connectivity index (χ4v) is 4.26. The first-order chi connectivity index (χ1) is 12.6. The lowest BCUT2D eigenvalue weighted by atomic mass is 9.97. The van der Waals surface area contributed by atoms with Crippen LogP contribution in [0.2, 0.25) is 0 Å². The first-order valence-corrected chi connectivity index (χ1v) is 9.60. The highest BCUT2D eigenvalue weighted by molar-refractivity contribution is 5.82. The van der Waals surface area contributed by atoms with Gasteiger partial charge in [0.05, 0.1) is 0 Å². The Kier molecular flexibility index (Phi) is 4.64. The Hall–Kier alpha value is -2.39. The highest BCUT2D eigenvalue weighted by atomic mass is 16.1. The molecule has 26 heavy (non-hydrogen) atoms. The fraction of sp³-hybridized carbons (Fsp3) is 0.348. The minimum absolute atomic E-state index is 0.0709. The van der Waals surface area contributed by atoms with E-state index in [0.717, 1.165) is 28.7 Å². The van der Waals surface area contributed by atoms with Gasteiger partial charge in [-0.25, -0.2) is 0 Å². The van der Waals surface area contributed by atoms with E-state index in [0.29, 0.717) is 12.1 Å². The zero-order chi connectivity index (χ0) is 18.1. The zero-order valence-corrected chi connectivity index (χ0v) is 15.6. The van der Waals surface area contributed by atoms with Gasteiger partial charge >= 0.3 is 0 Å². The molecule has 0 radical (unpaired) electrons. The molecule has 0 N–H and O–H groups in total. The van der Waals surface area contributed by atoms with Crippen molar-refractivity contribution in [1.29, 1.82) is 0 Å². The monoisotopic (exact) mass is 346 g/mol. The van der Waals surface area contributed by atoms with Crippen LogP contribution in [0, 0.1) is 0 Å². The summed E-state index contributed by atoms with van der Waals surface area (Å²) < 4.78 is 1.90. The molecule has 0 saturated carbocycles. The molecule has 1 fully saturated rings. The predicted octanol–water partition coefficient (Wildman–Crippen LogP) is 4.75. The van der Waals surface area contributed by atoms with E-state index in [2.05, 4.69) is 24.8 Å². The minimum Gasteiger partial charge on any atom is -0.292 e.